The van der Waals surface area contributed by atoms with Gasteiger partial charge in [-0.2, -0.15) is 0 Å². The van der Waals surface area contributed by atoms with Gasteiger partial charge < -0.3 is 15.2 Å². The van der Waals surface area contributed by atoms with Gasteiger partial charge in [-0.3, -0.25) is 4.79 Å². The van der Waals surface area contributed by atoms with Crippen LogP contribution in [0.1, 0.15) is 39.0 Å². The average Bonchev–Trinajstić information content (AvgIpc) is 2.75. The number of hydrogen-bond donors (Lipinski definition) is 1. The fourth-order valence-corrected chi connectivity index (χ4v) is 4.67. The van der Waals surface area contributed by atoms with E-state index in [0.717, 1.165) is 24.5 Å². The maximum Gasteiger partial charge on any atom is 0.407 e. The molecule has 0 aromatic rings. The molecule has 0 spiro atoms. The molecule has 0 saturated carbocycles. The van der Waals surface area contributed by atoms with Gasteiger partial charge in [0, 0.05) is 24.3 Å². The largest absolute Gasteiger partial charge is 0.425 e. The highest BCUT2D eigenvalue weighted by Crippen LogP contribution is 2.39. The van der Waals surface area contributed by atoms with Crippen molar-refractivity contribution in [2.75, 3.05) is 5.75 Å². The first kappa shape index (κ1) is 15.5. The van der Waals surface area contributed by atoms with E-state index < -0.39 is 12.4 Å². The third-order valence-electron chi connectivity index (χ3n) is 2.46. The van der Waals surface area contributed by atoms with Gasteiger partial charge in [0.2, 0.25) is 6.29 Å². The molecule has 104 valence electrons. The van der Waals surface area contributed by atoms with Gasteiger partial charge in [-0.15, -0.1) is 0 Å². The van der Waals surface area contributed by atoms with Gasteiger partial charge in [-0.05, 0) is 19.3 Å². The normalized spacial score (nSPS) is 20.4. The number of ether oxygens (including phenoxy) is 2. The third-order valence-corrected chi connectivity index (χ3v) is 5.47. The lowest BCUT2D eigenvalue weighted by molar-refractivity contribution is -0.164. The molecule has 2 unspecified atom stereocenters. The molecule has 2 N–H and O–H groups in total. The molecular weight excluding hydrogens is 274 g/mol. The minimum atomic E-state index is -0.939. The molecule has 1 fully saturated rings. The van der Waals surface area contributed by atoms with Crippen LogP contribution < -0.4 is 5.73 Å². The van der Waals surface area contributed by atoms with Crippen molar-refractivity contribution < 1.29 is 19.1 Å². The number of rotatable bonds is 7. The summed E-state index contributed by atoms with van der Waals surface area (Å²) in [5.41, 5.74) is 4.80. The first-order valence-corrected chi connectivity index (χ1v) is 8.40. The van der Waals surface area contributed by atoms with Crippen molar-refractivity contribution in [1.29, 1.82) is 0 Å². The first-order valence-electron chi connectivity index (χ1n) is 6.02. The lowest BCUT2D eigenvalue weighted by Gasteiger charge is -2.12. The molecule has 1 saturated heterocycles. The summed E-state index contributed by atoms with van der Waals surface area (Å²) in [6, 6.07) is 0. The zero-order valence-corrected chi connectivity index (χ0v) is 12.1. The van der Waals surface area contributed by atoms with E-state index in [-0.39, 0.29) is 5.97 Å². The predicted molar refractivity (Wildman–Crippen MR) is 73.1 cm³/mol. The second-order valence-electron chi connectivity index (χ2n) is 4.07. The zero-order chi connectivity index (χ0) is 13.4. The van der Waals surface area contributed by atoms with E-state index in [4.69, 9.17) is 10.5 Å². The van der Waals surface area contributed by atoms with E-state index in [1.165, 1.54) is 19.1 Å². The van der Waals surface area contributed by atoms with Crippen LogP contribution in [0.3, 0.4) is 0 Å². The van der Waals surface area contributed by atoms with Crippen LogP contribution >= 0.6 is 21.6 Å². The van der Waals surface area contributed by atoms with Crippen molar-refractivity contribution in [3.05, 3.63) is 0 Å². The van der Waals surface area contributed by atoms with Crippen LogP contribution in [0.15, 0.2) is 0 Å². The maximum absolute atomic E-state index is 11.4. The van der Waals surface area contributed by atoms with Crippen molar-refractivity contribution in [3.63, 3.8) is 0 Å². The molecule has 0 aromatic carbocycles. The summed E-state index contributed by atoms with van der Waals surface area (Å²) in [6.45, 7) is 1.47. The minimum Gasteiger partial charge on any atom is -0.425 e. The van der Waals surface area contributed by atoms with Gasteiger partial charge >= 0.3 is 12.1 Å². The molecule has 1 rings (SSSR count). The van der Waals surface area contributed by atoms with Crippen LogP contribution in [0.5, 0.6) is 0 Å². The summed E-state index contributed by atoms with van der Waals surface area (Å²) in [6.07, 6.45) is 2.77. The summed E-state index contributed by atoms with van der Waals surface area (Å²) in [5.74, 6) is 0.886. The van der Waals surface area contributed by atoms with Crippen LogP contribution in [0.2, 0.25) is 0 Å². The molecule has 5 nitrogen and oxygen atoms in total. The number of amides is 1. The minimum absolute atomic E-state index is 0.350. The van der Waals surface area contributed by atoms with Gasteiger partial charge in [-0.1, -0.05) is 28.0 Å². The zero-order valence-electron chi connectivity index (χ0n) is 10.4. The Bertz CT molecular complexity index is 282. The van der Waals surface area contributed by atoms with Crippen molar-refractivity contribution >= 4 is 33.7 Å². The number of unbranched alkanes of at least 4 members (excludes halogenated alkanes) is 1. The summed E-state index contributed by atoms with van der Waals surface area (Å²) in [4.78, 5) is 21.8. The van der Waals surface area contributed by atoms with Crippen LogP contribution in [-0.2, 0) is 14.3 Å². The predicted octanol–water partition coefficient (Wildman–Crippen LogP) is 2.69. The fourth-order valence-electron chi connectivity index (χ4n) is 1.64. The molecule has 0 aliphatic carbocycles. The Kier molecular flexibility index (Phi) is 7.34. The van der Waals surface area contributed by atoms with Crippen molar-refractivity contribution in [2.24, 2.45) is 5.73 Å². The lowest BCUT2D eigenvalue weighted by atomic mass is 10.1. The Balaban J connectivity index is 2.00. The molecule has 18 heavy (non-hydrogen) atoms. The number of primary amides is 1. The highest BCUT2D eigenvalue weighted by molar-refractivity contribution is 8.77. The van der Waals surface area contributed by atoms with Gasteiger partial charge in [0.25, 0.3) is 0 Å². The summed E-state index contributed by atoms with van der Waals surface area (Å²) in [7, 11) is 3.87. The topological polar surface area (TPSA) is 78.6 Å². The number of nitrogens with two attached hydrogens (primary N) is 1. The Labute approximate surface area is 115 Å². The second kappa shape index (κ2) is 8.53. The Hall–Kier alpha value is -0.560. The van der Waals surface area contributed by atoms with Gasteiger partial charge in [0.05, 0.1) is 0 Å². The summed E-state index contributed by atoms with van der Waals surface area (Å²) in [5, 5.41) is 0.739. The van der Waals surface area contributed by atoms with E-state index in [2.05, 4.69) is 4.74 Å². The standard InChI is InChI=1S/C11H19NO4S2/c1-8(16-11(12)14)15-10(13)5-3-2-4-9-6-7-17-18-9/h8-9H,2-7H2,1H3,(H2,12,14). The van der Waals surface area contributed by atoms with Gasteiger partial charge in [0.1, 0.15) is 0 Å². The number of carbonyl (C=O) groups excluding carboxylic acids is 2. The smallest absolute Gasteiger partial charge is 0.407 e. The molecular formula is C11H19NO4S2. The molecule has 1 amide bonds. The Morgan fingerprint density at radius 1 is 1.39 bits per heavy atom. The van der Waals surface area contributed by atoms with E-state index in [9.17, 15) is 9.59 Å². The molecule has 0 radical (unpaired) electrons. The first-order chi connectivity index (χ1) is 8.58. The van der Waals surface area contributed by atoms with Gasteiger partial charge in [0.15, 0.2) is 0 Å². The molecule has 2 atom stereocenters. The van der Waals surface area contributed by atoms with E-state index >= 15 is 0 Å². The highest BCUT2D eigenvalue weighted by atomic mass is 33.1. The van der Waals surface area contributed by atoms with Crippen molar-refractivity contribution in [3.8, 4) is 0 Å². The van der Waals surface area contributed by atoms with Crippen LogP contribution in [0.25, 0.3) is 0 Å². The molecule has 1 heterocycles. The number of esters is 1. The van der Waals surface area contributed by atoms with Crippen LogP contribution in [0, 0.1) is 0 Å². The van der Waals surface area contributed by atoms with E-state index in [0.29, 0.717) is 6.42 Å². The van der Waals surface area contributed by atoms with E-state index in [1.807, 2.05) is 21.6 Å². The molecule has 1 aliphatic heterocycles. The number of hydrogen-bond acceptors (Lipinski definition) is 6. The molecule has 0 bridgehead atoms. The molecule has 7 heteroatoms. The maximum atomic E-state index is 11.4. The lowest BCUT2D eigenvalue weighted by Crippen LogP contribution is -2.24. The Morgan fingerprint density at radius 2 is 2.17 bits per heavy atom. The van der Waals surface area contributed by atoms with Crippen LogP contribution in [0.4, 0.5) is 4.79 Å². The van der Waals surface area contributed by atoms with E-state index in [1.54, 1.807) is 0 Å². The van der Waals surface area contributed by atoms with Gasteiger partial charge in [-0.25, -0.2) is 4.79 Å². The van der Waals surface area contributed by atoms with Crippen LogP contribution in [-0.4, -0.2) is 29.4 Å². The number of carbonyl (C=O) groups is 2. The monoisotopic (exact) mass is 293 g/mol. The quantitative estimate of drug-likeness (QED) is 0.336. The summed E-state index contributed by atoms with van der Waals surface area (Å²) >= 11 is 0. The highest BCUT2D eigenvalue weighted by Gasteiger charge is 2.16. The third kappa shape index (κ3) is 7.00. The SMILES string of the molecule is CC(OC(N)=O)OC(=O)CCCCC1CCSS1. The fraction of sp³-hybridized carbons (Fsp3) is 0.818. The molecule has 1 aliphatic rings. The molecule has 0 aromatic heterocycles. The van der Waals surface area contributed by atoms with Crippen molar-refractivity contribution in [1.82, 2.24) is 0 Å². The average molecular weight is 293 g/mol. The second-order valence-corrected chi connectivity index (χ2v) is 6.86. The van der Waals surface area contributed by atoms with Crippen molar-refractivity contribution in [2.45, 2.75) is 50.6 Å². The summed E-state index contributed by atoms with van der Waals surface area (Å²) < 4.78 is 9.36. The Morgan fingerprint density at radius 3 is 2.78 bits per heavy atom.